The highest BCUT2D eigenvalue weighted by Crippen LogP contribution is 2.55. The number of nitrogens with zero attached hydrogens (tertiary/aromatic N) is 4. The summed E-state index contributed by atoms with van der Waals surface area (Å²) in [5.41, 5.74) is 1.99. The van der Waals surface area contributed by atoms with Crippen LogP contribution in [0.3, 0.4) is 0 Å². The Morgan fingerprint density at radius 3 is 2.60 bits per heavy atom. The molecule has 0 spiro atoms. The van der Waals surface area contributed by atoms with Crippen molar-refractivity contribution >= 4 is 5.91 Å². The molecule has 3 fully saturated rings. The molecule has 1 aromatic carbocycles. The van der Waals surface area contributed by atoms with Crippen LogP contribution in [0.15, 0.2) is 42.6 Å². The van der Waals surface area contributed by atoms with Crippen molar-refractivity contribution in [2.75, 3.05) is 7.05 Å². The number of carbonyl (C=O) groups is 1. The number of benzene rings is 1. The number of hydrogen-bond donors (Lipinski definition) is 0. The zero-order chi connectivity index (χ0) is 20.9. The Bertz CT molecular complexity index is 932. The number of hydrogen-bond acceptors (Lipinski definition) is 4. The summed E-state index contributed by atoms with van der Waals surface area (Å²) in [7, 11) is 2.30. The van der Waals surface area contributed by atoms with Crippen molar-refractivity contribution in [2.24, 2.45) is 5.41 Å². The Balaban J connectivity index is 1.60. The normalized spacial score (nSPS) is 33.4. The lowest BCUT2D eigenvalue weighted by molar-refractivity contribution is 0.00163. The number of aromatic nitrogens is 2. The first-order valence-corrected chi connectivity index (χ1v) is 11.4. The Morgan fingerprint density at radius 2 is 1.87 bits per heavy atom. The molecular formula is C25H32N4O. The first kappa shape index (κ1) is 19.7. The summed E-state index contributed by atoms with van der Waals surface area (Å²) < 4.78 is 0. The molecule has 5 nitrogen and oxygen atoms in total. The highest BCUT2D eigenvalue weighted by molar-refractivity contribution is 5.93. The third-order valence-corrected chi connectivity index (χ3v) is 8.05. The average molecular weight is 405 g/mol. The molecule has 1 amide bonds. The molecule has 30 heavy (non-hydrogen) atoms. The maximum atomic E-state index is 13.9. The zero-order valence-electron chi connectivity index (χ0n) is 18.3. The second-order valence-electron chi connectivity index (χ2n) is 9.72. The molecule has 2 bridgehead atoms. The van der Waals surface area contributed by atoms with Gasteiger partial charge in [-0.05, 0) is 51.3 Å². The molecule has 3 aliphatic rings. The number of rotatable bonds is 3. The van der Waals surface area contributed by atoms with E-state index in [9.17, 15) is 4.79 Å². The van der Waals surface area contributed by atoms with Gasteiger partial charge in [-0.15, -0.1) is 0 Å². The van der Waals surface area contributed by atoms with Crippen LogP contribution in [0.1, 0.15) is 60.9 Å². The minimum absolute atomic E-state index is 0.0818. The lowest BCUT2D eigenvalue weighted by atomic mass is 9.69. The summed E-state index contributed by atoms with van der Waals surface area (Å²) in [6.07, 6.45) is 8.57. The van der Waals surface area contributed by atoms with Gasteiger partial charge in [0.25, 0.3) is 5.91 Å². The summed E-state index contributed by atoms with van der Waals surface area (Å²) in [5, 5.41) is 0. The predicted molar refractivity (Wildman–Crippen MR) is 117 cm³/mol. The van der Waals surface area contributed by atoms with Crippen LogP contribution in [0.4, 0.5) is 0 Å². The predicted octanol–water partition coefficient (Wildman–Crippen LogP) is 3.87. The third kappa shape index (κ3) is 3.06. The monoisotopic (exact) mass is 404 g/mol. The van der Waals surface area contributed by atoms with E-state index in [4.69, 9.17) is 0 Å². The van der Waals surface area contributed by atoms with Gasteiger partial charge in [0.1, 0.15) is 11.5 Å². The topological polar surface area (TPSA) is 49.3 Å². The lowest BCUT2D eigenvalue weighted by Gasteiger charge is -2.51. The van der Waals surface area contributed by atoms with Crippen molar-refractivity contribution in [1.82, 2.24) is 19.8 Å². The summed E-state index contributed by atoms with van der Waals surface area (Å²) in [6, 6.07) is 13.8. The maximum Gasteiger partial charge on any atom is 0.273 e. The molecule has 2 aliphatic heterocycles. The van der Waals surface area contributed by atoms with Crippen LogP contribution >= 0.6 is 0 Å². The SMILES string of the molecule is Cc1nccc(C(=O)N2[C@H](Cc3ccccc3)[C@@H]3C[C@@]4(C)[C@H](CCCC[C@@H]24)N3C)n1. The van der Waals surface area contributed by atoms with Crippen LogP contribution in [-0.2, 0) is 6.42 Å². The van der Waals surface area contributed by atoms with E-state index in [1.54, 1.807) is 12.3 Å². The van der Waals surface area contributed by atoms with Gasteiger partial charge in [0.2, 0.25) is 0 Å². The smallest absolute Gasteiger partial charge is 0.273 e. The number of likely N-dealkylation sites (tertiary alicyclic amines) is 2. The summed E-state index contributed by atoms with van der Waals surface area (Å²) in [6.45, 7) is 4.29. The summed E-state index contributed by atoms with van der Waals surface area (Å²) in [4.78, 5) is 27.5. The number of piperidine rings is 1. The summed E-state index contributed by atoms with van der Waals surface area (Å²) in [5.74, 6) is 0.737. The van der Waals surface area contributed by atoms with Crippen molar-refractivity contribution in [1.29, 1.82) is 0 Å². The van der Waals surface area contributed by atoms with E-state index in [-0.39, 0.29) is 23.4 Å². The Labute approximate surface area is 179 Å². The van der Waals surface area contributed by atoms with E-state index in [0.717, 1.165) is 12.8 Å². The van der Waals surface area contributed by atoms with E-state index < -0.39 is 0 Å². The fraction of sp³-hybridized carbons (Fsp3) is 0.560. The van der Waals surface area contributed by atoms with Crippen LogP contribution < -0.4 is 0 Å². The molecule has 1 aliphatic carbocycles. The summed E-state index contributed by atoms with van der Waals surface area (Å²) >= 11 is 0. The van der Waals surface area contributed by atoms with Crippen molar-refractivity contribution < 1.29 is 4.79 Å². The van der Waals surface area contributed by atoms with Gasteiger partial charge in [-0.1, -0.05) is 50.1 Å². The second kappa shape index (κ2) is 7.45. The molecule has 3 heterocycles. The number of likely N-dealkylation sites (N-methyl/N-ethyl adjacent to an activating group) is 1. The highest BCUT2D eigenvalue weighted by Gasteiger charge is 2.61. The van der Waals surface area contributed by atoms with E-state index >= 15 is 0 Å². The van der Waals surface area contributed by atoms with Crippen molar-refractivity contribution in [3.63, 3.8) is 0 Å². The van der Waals surface area contributed by atoms with Crippen molar-refractivity contribution in [2.45, 2.75) is 76.5 Å². The third-order valence-electron chi connectivity index (χ3n) is 8.05. The average Bonchev–Trinajstić information content (AvgIpc) is 2.86. The quantitative estimate of drug-likeness (QED) is 0.779. The van der Waals surface area contributed by atoms with E-state index in [1.807, 2.05) is 6.92 Å². The zero-order valence-corrected chi connectivity index (χ0v) is 18.3. The van der Waals surface area contributed by atoms with E-state index in [2.05, 4.69) is 64.1 Å². The molecule has 1 saturated carbocycles. The van der Waals surface area contributed by atoms with E-state index in [0.29, 0.717) is 23.6 Å². The number of fused-ring (bicyclic) bond motifs is 1. The molecule has 0 unspecified atom stereocenters. The van der Waals surface area contributed by atoms with Crippen LogP contribution in [0.25, 0.3) is 0 Å². The van der Waals surface area contributed by atoms with Gasteiger partial charge >= 0.3 is 0 Å². The number of aryl methyl sites for hydroxylation is 1. The van der Waals surface area contributed by atoms with Gasteiger partial charge in [-0.2, -0.15) is 0 Å². The minimum atomic E-state index is 0.0818. The lowest BCUT2D eigenvalue weighted by Crippen LogP contribution is -2.61. The fourth-order valence-corrected chi connectivity index (χ4v) is 6.69. The van der Waals surface area contributed by atoms with E-state index in [1.165, 1.54) is 31.2 Å². The molecule has 158 valence electrons. The number of carbonyl (C=O) groups excluding carboxylic acids is 1. The number of amides is 1. The largest absolute Gasteiger partial charge is 0.329 e. The van der Waals surface area contributed by atoms with Gasteiger partial charge in [-0.3, -0.25) is 9.69 Å². The molecule has 5 atom stereocenters. The Kier molecular flexibility index (Phi) is 4.89. The standard InChI is InChI=1S/C25H32N4O/c1-17-26-14-13-19(27-17)24(30)29-20(15-18-9-5-4-6-10-18)21-16-25(2)22(28(21)3)11-7-8-12-23(25)29/h4-6,9-10,13-14,20-23H,7-8,11-12,15-16H2,1-3H3/t20-,21+,22+,23-,25+/m1/s1. The Morgan fingerprint density at radius 1 is 1.13 bits per heavy atom. The Hall–Kier alpha value is -2.27. The molecule has 2 saturated heterocycles. The maximum absolute atomic E-state index is 13.9. The first-order valence-electron chi connectivity index (χ1n) is 11.4. The highest BCUT2D eigenvalue weighted by atomic mass is 16.2. The molecule has 5 rings (SSSR count). The van der Waals surface area contributed by atoms with Gasteiger partial charge in [0.05, 0.1) is 6.04 Å². The van der Waals surface area contributed by atoms with Gasteiger partial charge < -0.3 is 4.90 Å². The molecule has 2 aromatic rings. The molecule has 5 heteroatoms. The van der Waals surface area contributed by atoms with Crippen LogP contribution in [-0.4, -0.2) is 56.9 Å². The van der Waals surface area contributed by atoms with Crippen LogP contribution in [0.2, 0.25) is 0 Å². The molecule has 1 aromatic heterocycles. The second-order valence-corrected chi connectivity index (χ2v) is 9.72. The van der Waals surface area contributed by atoms with Gasteiger partial charge in [0.15, 0.2) is 0 Å². The fourth-order valence-electron chi connectivity index (χ4n) is 6.69. The van der Waals surface area contributed by atoms with Crippen molar-refractivity contribution in [3.05, 3.63) is 59.7 Å². The minimum Gasteiger partial charge on any atom is -0.329 e. The first-order chi connectivity index (χ1) is 14.5. The molecular weight excluding hydrogens is 372 g/mol. The van der Waals surface area contributed by atoms with Gasteiger partial charge in [0, 0.05) is 29.7 Å². The van der Waals surface area contributed by atoms with Crippen LogP contribution in [0, 0.1) is 12.3 Å². The van der Waals surface area contributed by atoms with Crippen LogP contribution in [0.5, 0.6) is 0 Å². The molecule has 0 N–H and O–H groups in total. The van der Waals surface area contributed by atoms with Crippen molar-refractivity contribution in [3.8, 4) is 0 Å². The molecule has 0 radical (unpaired) electrons. The van der Waals surface area contributed by atoms with Gasteiger partial charge in [-0.25, -0.2) is 9.97 Å².